The summed E-state index contributed by atoms with van der Waals surface area (Å²) in [4.78, 5) is 12.0. The SMILES string of the molecule is CC(C)(CNC(=O)C1CCCN1)c1ccccc1Cl. The Morgan fingerprint density at radius 2 is 2.21 bits per heavy atom. The van der Waals surface area contributed by atoms with Gasteiger partial charge in [-0.3, -0.25) is 4.79 Å². The average molecular weight is 281 g/mol. The summed E-state index contributed by atoms with van der Waals surface area (Å²) >= 11 is 6.23. The van der Waals surface area contributed by atoms with E-state index in [1.165, 1.54) is 0 Å². The van der Waals surface area contributed by atoms with Gasteiger partial charge >= 0.3 is 0 Å². The van der Waals surface area contributed by atoms with Crippen molar-refractivity contribution in [1.29, 1.82) is 0 Å². The molecule has 1 fully saturated rings. The Morgan fingerprint density at radius 3 is 2.84 bits per heavy atom. The van der Waals surface area contributed by atoms with Crippen LogP contribution in [0, 0.1) is 0 Å². The molecule has 4 heteroatoms. The minimum Gasteiger partial charge on any atom is -0.354 e. The van der Waals surface area contributed by atoms with Crippen LogP contribution in [-0.2, 0) is 10.2 Å². The van der Waals surface area contributed by atoms with Crippen LogP contribution in [0.4, 0.5) is 0 Å². The van der Waals surface area contributed by atoms with E-state index in [2.05, 4.69) is 24.5 Å². The summed E-state index contributed by atoms with van der Waals surface area (Å²) in [6, 6.07) is 7.77. The van der Waals surface area contributed by atoms with Gasteiger partial charge < -0.3 is 10.6 Å². The molecule has 1 heterocycles. The lowest BCUT2D eigenvalue weighted by Crippen LogP contribution is -2.45. The van der Waals surface area contributed by atoms with Crippen molar-refractivity contribution in [2.75, 3.05) is 13.1 Å². The number of hydrogen-bond acceptors (Lipinski definition) is 2. The lowest BCUT2D eigenvalue weighted by molar-refractivity contribution is -0.123. The molecule has 0 bridgehead atoms. The van der Waals surface area contributed by atoms with Crippen LogP contribution in [0.1, 0.15) is 32.3 Å². The van der Waals surface area contributed by atoms with Crippen molar-refractivity contribution in [3.63, 3.8) is 0 Å². The monoisotopic (exact) mass is 280 g/mol. The summed E-state index contributed by atoms with van der Waals surface area (Å²) in [5, 5.41) is 6.99. The molecule has 1 aliphatic heterocycles. The molecule has 104 valence electrons. The second-order valence-electron chi connectivity index (χ2n) is 5.73. The Hall–Kier alpha value is -1.06. The van der Waals surface area contributed by atoms with E-state index in [-0.39, 0.29) is 17.4 Å². The van der Waals surface area contributed by atoms with E-state index in [1.807, 2.05) is 24.3 Å². The van der Waals surface area contributed by atoms with Gasteiger partial charge in [-0.05, 0) is 31.0 Å². The Kier molecular flexibility index (Phi) is 4.48. The molecule has 0 aromatic heterocycles. The first-order valence-electron chi connectivity index (χ1n) is 6.77. The number of nitrogens with one attached hydrogen (secondary N) is 2. The van der Waals surface area contributed by atoms with Crippen LogP contribution in [0.2, 0.25) is 5.02 Å². The zero-order chi connectivity index (χ0) is 13.9. The van der Waals surface area contributed by atoms with Crippen LogP contribution in [0.3, 0.4) is 0 Å². The highest BCUT2D eigenvalue weighted by Crippen LogP contribution is 2.29. The molecule has 1 saturated heterocycles. The molecule has 1 aromatic rings. The molecule has 0 radical (unpaired) electrons. The molecule has 19 heavy (non-hydrogen) atoms. The van der Waals surface area contributed by atoms with Crippen LogP contribution in [0.15, 0.2) is 24.3 Å². The normalized spacial score (nSPS) is 19.4. The molecule has 3 nitrogen and oxygen atoms in total. The third-order valence-corrected chi connectivity index (χ3v) is 4.01. The van der Waals surface area contributed by atoms with Crippen molar-refractivity contribution >= 4 is 17.5 Å². The Labute approximate surface area is 119 Å². The van der Waals surface area contributed by atoms with E-state index in [9.17, 15) is 4.79 Å². The highest BCUT2D eigenvalue weighted by atomic mass is 35.5. The van der Waals surface area contributed by atoms with Crippen molar-refractivity contribution in [2.24, 2.45) is 0 Å². The molecule has 0 saturated carbocycles. The topological polar surface area (TPSA) is 41.1 Å². The second kappa shape index (κ2) is 5.93. The quantitative estimate of drug-likeness (QED) is 0.890. The zero-order valence-electron chi connectivity index (χ0n) is 11.5. The van der Waals surface area contributed by atoms with Crippen molar-refractivity contribution < 1.29 is 4.79 Å². The molecular weight excluding hydrogens is 260 g/mol. The van der Waals surface area contributed by atoms with Crippen LogP contribution in [0.5, 0.6) is 0 Å². The van der Waals surface area contributed by atoms with Gasteiger partial charge in [0.2, 0.25) is 5.91 Å². The highest BCUT2D eigenvalue weighted by molar-refractivity contribution is 6.31. The molecule has 0 spiro atoms. The van der Waals surface area contributed by atoms with Gasteiger partial charge in [-0.15, -0.1) is 0 Å². The Morgan fingerprint density at radius 1 is 1.47 bits per heavy atom. The molecule has 1 aromatic carbocycles. The third kappa shape index (κ3) is 3.48. The lowest BCUT2D eigenvalue weighted by atomic mass is 9.84. The highest BCUT2D eigenvalue weighted by Gasteiger charge is 2.27. The number of carbonyl (C=O) groups is 1. The number of amides is 1. The lowest BCUT2D eigenvalue weighted by Gasteiger charge is -2.27. The fourth-order valence-corrected chi connectivity index (χ4v) is 2.84. The largest absolute Gasteiger partial charge is 0.354 e. The first-order chi connectivity index (χ1) is 9.00. The molecule has 2 rings (SSSR count). The van der Waals surface area contributed by atoms with Crippen LogP contribution < -0.4 is 10.6 Å². The summed E-state index contributed by atoms with van der Waals surface area (Å²) in [5.74, 6) is 0.0950. The van der Waals surface area contributed by atoms with Gasteiger partial charge in [0.1, 0.15) is 0 Å². The Balaban J connectivity index is 1.97. The fraction of sp³-hybridized carbons (Fsp3) is 0.533. The van der Waals surface area contributed by atoms with Crippen molar-refractivity contribution in [3.8, 4) is 0 Å². The molecule has 1 amide bonds. The second-order valence-corrected chi connectivity index (χ2v) is 6.14. The Bertz CT molecular complexity index is 453. The molecule has 1 unspecified atom stereocenters. The fourth-order valence-electron chi connectivity index (χ4n) is 2.44. The van der Waals surface area contributed by atoms with Gasteiger partial charge in [0, 0.05) is 17.0 Å². The summed E-state index contributed by atoms with van der Waals surface area (Å²) in [6.07, 6.45) is 2.00. The first kappa shape index (κ1) is 14.4. The average Bonchev–Trinajstić information content (AvgIpc) is 2.90. The maximum atomic E-state index is 12.0. The first-order valence-corrected chi connectivity index (χ1v) is 7.14. The van der Waals surface area contributed by atoms with Gasteiger partial charge in [-0.1, -0.05) is 43.6 Å². The molecule has 1 atom stereocenters. The number of carbonyl (C=O) groups excluding carboxylic acids is 1. The van der Waals surface area contributed by atoms with Crippen molar-refractivity contribution in [2.45, 2.75) is 38.1 Å². The standard InChI is InChI=1S/C15H21ClN2O/c1-15(2,11-6-3-4-7-12(11)16)10-18-14(19)13-8-5-9-17-13/h3-4,6-7,13,17H,5,8-10H2,1-2H3,(H,18,19). The van der Waals surface area contributed by atoms with Crippen LogP contribution >= 0.6 is 11.6 Å². The van der Waals surface area contributed by atoms with E-state index in [4.69, 9.17) is 11.6 Å². The molecule has 0 aliphatic carbocycles. The number of benzene rings is 1. The van der Waals surface area contributed by atoms with Gasteiger partial charge in [0.25, 0.3) is 0 Å². The van der Waals surface area contributed by atoms with Gasteiger partial charge in [0.05, 0.1) is 6.04 Å². The van der Waals surface area contributed by atoms with Gasteiger partial charge in [-0.2, -0.15) is 0 Å². The van der Waals surface area contributed by atoms with Crippen molar-refractivity contribution in [1.82, 2.24) is 10.6 Å². The minimum atomic E-state index is -0.174. The number of hydrogen-bond donors (Lipinski definition) is 2. The zero-order valence-corrected chi connectivity index (χ0v) is 12.3. The summed E-state index contributed by atoms with van der Waals surface area (Å²) in [6.45, 7) is 5.72. The van der Waals surface area contributed by atoms with E-state index in [0.717, 1.165) is 30.0 Å². The van der Waals surface area contributed by atoms with E-state index >= 15 is 0 Å². The third-order valence-electron chi connectivity index (χ3n) is 3.68. The van der Waals surface area contributed by atoms with E-state index < -0.39 is 0 Å². The molecule has 2 N–H and O–H groups in total. The van der Waals surface area contributed by atoms with Gasteiger partial charge in [-0.25, -0.2) is 0 Å². The summed E-state index contributed by atoms with van der Waals surface area (Å²) < 4.78 is 0. The smallest absolute Gasteiger partial charge is 0.237 e. The summed E-state index contributed by atoms with van der Waals surface area (Å²) in [5.41, 5.74) is 0.892. The van der Waals surface area contributed by atoms with Crippen LogP contribution in [0.25, 0.3) is 0 Å². The number of rotatable bonds is 4. The van der Waals surface area contributed by atoms with Crippen LogP contribution in [-0.4, -0.2) is 25.0 Å². The molecular formula is C15H21ClN2O. The maximum Gasteiger partial charge on any atom is 0.237 e. The van der Waals surface area contributed by atoms with Crippen molar-refractivity contribution in [3.05, 3.63) is 34.9 Å². The molecule has 1 aliphatic rings. The van der Waals surface area contributed by atoms with E-state index in [1.54, 1.807) is 0 Å². The summed E-state index contributed by atoms with van der Waals surface area (Å²) in [7, 11) is 0. The predicted molar refractivity (Wildman–Crippen MR) is 78.5 cm³/mol. The van der Waals surface area contributed by atoms with Gasteiger partial charge in [0.15, 0.2) is 0 Å². The predicted octanol–water partition coefficient (Wildman–Crippen LogP) is 2.49. The number of halogens is 1. The minimum absolute atomic E-state index is 0.0259. The van der Waals surface area contributed by atoms with E-state index in [0.29, 0.717) is 6.54 Å². The maximum absolute atomic E-state index is 12.0.